The third-order valence-corrected chi connectivity index (χ3v) is 4.00. The number of fused-ring (bicyclic) bond motifs is 3. The first kappa shape index (κ1) is 13.1. The summed E-state index contributed by atoms with van der Waals surface area (Å²) < 4.78 is 0. The van der Waals surface area contributed by atoms with E-state index >= 15 is 0 Å². The molecule has 1 fully saturated rings. The van der Waals surface area contributed by atoms with Crippen LogP contribution in [0.25, 0.3) is 21.7 Å². The molecule has 20 heavy (non-hydrogen) atoms. The summed E-state index contributed by atoms with van der Waals surface area (Å²) >= 11 is 0. The molecular formula is C19H21N. The molecule has 0 saturated heterocycles. The monoisotopic (exact) mass is 263 g/mol. The number of hydrogen-bond acceptors (Lipinski definition) is 1. The van der Waals surface area contributed by atoms with Crippen LogP contribution < -0.4 is 0 Å². The maximum absolute atomic E-state index is 4.41. The van der Waals surface area contributed by atoms with E-state index in [9.17, 15) is 0 Å². The summed E-state index contributed by atoms with van der Waals surface area (Å²) in [7, 11) is 0. The molecule has 0 atom stereocenters. The first-order valence-corrected chi connectivity index (χ1v) is 7.68. The van der Waals surface area contributed by atoms with Gasteiger partial charge in [0.1, 0.15) is 0 Å². The Morgan fingerprint density at radius 1 is 0.600 bits per heavy atom. The van der Waals surface area contributed by atoms with Gasteiger partial charge in [0.15, 0.2) is 0 Å². The number of benzene rings is 2. The fraction of sp³-hybridized carbons (Fsp3) is 0.316. The van der Waals surface area contributed by atoms with Gasteiger partial charge in [-0.3, -0.25) is 4.98 Å². The van der Waals surface area contributed by atoms with Crippen LogP contribution in [0.5, 0.6) is 0 Å². The van der Waals surface area contributed by atoms with E-state index in [1.165, 1.54) is 54.7 Å². The smallest absolute Gasteiger partial charge is 0.0708 e. The molecule has 1 aliphatic carbocycles. The Labute approximate surface area is 120 Å². The van der Waals surface area contributed by atoms with Crippen LogP contribution >= 0.6 is 0 Å². The standard InChI is InChI=1S/C13H9N.C6H12/c1-2-6-11-10(5-1)9-14-13-8-4-3-7-12(11)13;1-2-4-6-5-3-1/h1-9H;1-6H2. The van der Waals surface area contributed by atoms with Crippen LogP contribution in [0.3, 0.4) is 0 Å². The van der Waals surface area contributed by atoms with Crippen molar-refractivity contribution in [3.8, 4) is 0 Å². The van der Waals surface area contributed by atoms with Crippen LogP contribution in [0, 0.1) is 0 Å². The van der Waals surface area contributed by atoms with Crippen molar-refractivity contribution in [1.29, 1.82) is 0 Å². The number of pyridine rings is 1. The van der Waals surface area contributed by atoms with E-state index in [0.717, 1.165) is 5.52 Å². The van der Waals surface area contributed by atoms with Gasteiger partial charge in [0.2, 0.25) is 0 Å². The molecule has 1 saturated carbocycles. The molecule has 1 heteroatoms. The zero-order valence-corrected chi connectivity index (χ0v) is 11.9. The molecule has 0 bridgehead atoms. The Kier molecular flexibility index (Phi) is 4.27. The fourth-order valence-corrected chi connectivity index (χ4v) is 2.87. The second-order valence-electron chi connectivity index (χ2n) is 5.48. The van der Waals surface area contributed by atoms with Crippen molar-refractivity contribution in [2.75, 3.05) is 0 Å². The zero-order chi connectivity index (χ0) is 13.6. The van der Waals surface area contributed by atoms with Gasteiger partial charge in [-0.25, -0.2) is 0 Å². The summed E-state index contributed by atoms with van der Waals surface area (Å²) in [6, 6.07) is 16.6. The highest BCUT2D eigenvalue weighted by atomic mass is 14.6. The Bertz CT molecular complexity index is 617. The molecule has 1 nitrogen and oxygen atoms in total. The summed E-state index contributed by atoms with van der Waals surface area (Å²) in [5, 5.41) is 3.70. The van der Waals surface area contributed by atoms with E-state index in [2.05, 4.69) is 35.3 Å². The minimum Gasteiger partial charge on any atom is -0.256 e. The van der Waals surface area contributed by atoms with Crippen molar-refractivity contribution in [3.63, 3.8) is 0 Å². The third-order valence-electron chi connectivity index (χ3n) is 4.00. The highest BCUT2D eigenvalue weighted by Gasteiger charge is 1.98. The lowest BCUT2D eigenvalue weighted by Crippen LogP contribution is -1.85. The lowest BCUT2D eigenvalue weighted by atomic mass is 10.0. The van der Waals surface area contributed by atoms with Crippen molar-refractivity contribution in [3.05, 3.63) is 54.7 Å². The highest BCUT2D eigenvalue weighted by Crippen LogP contribution is 2.22. The van der Waals surface area contributed by atoms with Gasteiger partial charge in [-0.15, -0.1) is 0 Å². The zero-order valence-electron chi connectivity index (χ0n) is 11.9. The Hall–Kier alpha value is -1.89. The molecule has 2 aromatic carbocycles. The molecule has 4 rings (SSSR count). The van der Waals surface area contributed by atoms with Gasteiger partial charge in [0, 0.05) is 17.0 Å². The molecular weight excluding hydrogens is 242 g/mol. The van der Waals surface area contributed by atoms with Crippen molar-refractivity contribution in [1.82, 2.24) is 4.98 Å². The molecule has 0 radical (unpaired) electrons. The van der Waals surface area contributed by atoms with Gasteiger partial charge in [-0.1, -0.05) is 81.0 Å². The van der Waals surface area contributed by atoms with Gasteiger partial charge in [-0.2, -0.15) is 0 Å². The summed E-state index contributed by atoms with van der Waals surface area (Å²) in [6.07, 6.45) is 10.9. The molecule has 1 aliphatic rings. The molecule has 0 amide bonds. The van der Waals surface area contributed by atoms with Crippen LogP contribution in [0.2, 0.25) is 0 Å². The van der Waals surface area contributed by atoms with Crippen LogP contribution in [-0.2, 0) is 0 Å². The summed E-state index contributed by atoms with van der Waals surface area (Å²) in [5.74, 6) is 0. The van der Waals surface area contributed by atoms with Gasteiger partial charge >= 0.3 is 0 Å². The Morgan fingerprint density at radius 3 is 1.85 bits per heavy atom. The molecule has 0 unspecified atom stereocenters. The van der Waals surface area contributed by atoms with Crippen LogP contribution in [0.1, 0.15) is 38.5 Å². The van der Waals surface area contributed by atoms with E-state index < -0.39 is 0 Å². The van der Waals surface area contributed by atoms with E-state index in [1.54, 1.807) is 0 Å². The van der Waals surface area contributed by atoms with E-state index in [-0.39, 0.29) is 0 Å². The Morgan fingerprint density at radius 2 is 1.15 bits per heavy atom. The first-order chi connectivity index (χ1) is 9.95. The van der Waals surface area contributed by atoms with Crippen molar-refractivity contribution < 1.29 is 0 Å². The van der Waals surface area contributed by atoms with E-state index in [4.69, 9.17) is 0 Å². The van der Waals surface area contributed by atoms with Gasteiger partial charge in [-0.05, 0) is 11.5 Å². The van der Waals surface area contributed by atoms with Gasteiger partial charge < -0.3 is 0 Å². The summed E-state index contributed by atoms with van der Waals surface area (Å²) in [4.78, 5) is 4.41. The predicted molar refractivity (Wildman–Crippen MR) is 87.0 cm³/mol. The topological polar surface area (TPSA) is 12.9 Å². The van der Waals surface area contributed by atoms with Gasteiger partial charge in [0.05, 0.1) is 5.52 Å². The van der Waals surface area contributed by atoms with E-state index in [1.807, 2.05) is 24.4 Å². The molecule has 0 N–H and O–H groups in total. The third kappa shape index (κ3) is 2.98. The lowest BCUT2D eigenvalue weighted by Gasteiger charge is -2.05. The largest absolute Gasteiger partial charge is 0.256 e. The second-order valence-corrected chi connectivity index (χ2v) is 5.48. The predicted octanol–water partition coefficient (Wildman–Crippen LogP) is 5.73. The second kappa shape index (κ2) is 6.51. The number of rotatable bonds is 0. The number of hydrogen-bond donors (Lipinski definition) is 0. The average Bonchev–Trinajstić information content (AvgIpc) is 2.57. The maximum Gasteiger partial charge on any atom is 0.0708 e. The minimum atomic E-state index is 1.06. The lowest BCUT2D eigenvalue weighted by molar-refractivity contribution is 0.504. The molecule has 1 heterocycles. The summed E-state index contributed by atoms with van der Waals surface area (Å²) in [5.41, 5.74) is 1.06. The molecule has 1 aromatic heterocycles. The fourth-order valence-electron chi connectivity index (χ4n) is 2.87. The molecule has 0 aliphatic heterocycles. The number of nitrogens with zero attached hydrogens (tertiary/aromatic N) is 1. The quantitative estimate of drug-likeness (QED) is 0.472. The van der Waals surface area contributed by atoms with Crippen molar-refractivity contribution in [2.45, 2.75) is 38.5 Å². The SMILES string of the molecule is C1CCCCC1.c1ccc2c(c1)cnc1ccccc12. The normalized spacial score (nSPS) is 14.8. The highest BCUT2D eigenvalue weighted by molar-refractivity contribution is 6.05. The van der Waals surface area contributed by atoms with E-state index in [0.29, 0.717) is 0 Å². The molecule has 102 valence electrons. The number of aromatic nitrogens is 1. The molecule has 3 aromatic rings. The van der Waals surface area contributed by atoms with Crippen LogP contribution in [0.15, 0.2) is 54.7 Å². The average molecular weight is 263 g/mol. The number of para-hydroxylation sites is 1. The van der Waals surface area contributed by atoms with Crippen LogP contribution in [-0.4, -0.2) is 4.98 Å². The summed E-state index contributed by atoms with van der Waals surface area (Å²) in [6.45, 7) is 0. The van der Waals surface area contributed by atoms with Crippen LogP contribution in [0.4, 0.5) is 0 Å². The minimum absolute atomic E-state index is 1.06. The molecule has 0 spiro atoms. The van der Waals surface area contributed by atoms with Gasteiger partial charge in [0.25, 0.3) is 0 Å². The first-order valence-electron chi connectivity index (χ1n) is 7.68. The maximum atomic E-state index is 4.41. The van der Waals surface area contributed by atoms with Crippen molar-refractivity contribution in [2.24, 2.45) is 0 Å². The van der Waals surface area contributed by atoms with Crippen molar-refractivity contribution >= 4 is 21.7 Å². The Balaban J connectivity index is 0.000000170.